The van der Waals surface area contributed by atoms with Crippen LogP contribution >= 0.6 is 46.9 Å². The Kier molecular flexibility index (Phi) is 20.8. The van der Waals surface area contributed by atoms with E-state index in [4.69, 9.17) is 25.8 Å². The van der Waals surface area contributed by atoms with Crippen molar-refractivity contribution in [2.75, 3.05) is 24.0 Å². The van der Waals surface area contributed by atoms with E-state index in [0.717, 1.165) is 71.8 Å². The first-order valence-electron chi connectivity index (χ1n) is 23.9. The highest BCUT2D eigenvalue weighted by atomic mass is 35.5. The van der Waals surface area contributed by atoms with Crippen molar-refractivity contribution in [2.45, 2.75) is 45.8 Å². The first kappa shape index (κ1) is 55.0. The third kappa shape index (κ3) is 17.9. The summed E-state index contributed by atoms with van der Waals surface area (Å²) in [5.74, 6) is 3.99. The maximum atomic E-state index is 12.5. The van der Waals surface area contributed by atoms with Crippen LogP contribution in [-0.4, -0.2) is 61.0 Å². The Morgan fingerprint density at radius 3 is 1.51 bits per heavy atom. The third-order valence-electron chi connectivity index (χ3n) is 10.7. The van der Waals surface area contributed by atoms with Gasteiger partial charge >= 0.3 is 0 Å². The van der Waals surface area contributed by atoms with Crippen molar-refractivity contribution in [1.82, 2.24) is 35.2 Å². The molecular weight excluding hydrogens is 1050 g/mol. The van der Waals surface area contributed by atoms with Gasteiger partial charge in [-0.3, -0.25) is 29.3 Å². The van der Waals surface area contributed by atoms with Gasteiger partial charge in [-0.1, -0.05) is 60.1 Å². The molecule has 10 rings (SSSR count). The van der Waals surface area contributed by atoms with Crippen LogP contribution in [0, 0.1) is 0 Å². The molecule has 388 valence electrons. The molecule has 6 aromatic carbocycles. The molecule has 3 aromatic heterocycles. The number of rotatable bonds is 18. The summed E-state index contributed by atoms with van der Waals surface area (Å²) < 4.78 is 16.1. The number of ether oxygens (including phenoxy) is 3. The molecule has 19 heteroatoms. The van der Waals surface area contributed by atoms with Crippen LogP contribution in [-0.2, 0) is 23.8 Å². The SMILES string of the molecule is CCOc1ccc(NC(=O)c2cccc(CSc3cnccn3)c2)cc1.O=C(NCc1ccc2c(c1)OCO2)c1cccc(CSc2cnccn2)c1.O=C(Nc1cccc(Cl)c1)c1cccc(CSc2cnccn2)c1. The Hall–Kier alpha value is -8.29. The zero-order valence-corrected chi connectivity index (χ0v) is 44.7. The van der Waals surface area contributed by atoms with E-state index in [2.05, 4.69) is 45.9 Å². The van der Waals surface area contributed by atoms with Crippen molar-refractivity contribution in [2.24, 2.45) is 0 Å². The lowest BCUT2D eigenvalue weighted by Crippen LogP contribution is -2.22. The van der Waals surface area contributed by atoms with Crippen LogP contribution in [0.25, 0.3) is 0 Å². The van der Waals surface area contributed by atoms with Crippen LogP contribution in [0.2, 0.25) is 5.02 Å². The minimum absolute atomic E-state index is 0.112. The van der Waals surface area contributed by atoms with Gasteiger partial charge < -0.3 is 30.2 Å². The van der Waals surface area contributed by atoms with Crippen LogP contribution in [0.15, 0.2) is 210 Å². The van der Waals surface area contributed by atoms with E-state index in [0.29, 0.717) is 46.3 Å². The summed E-state index contributed by atoms with van der Waals surface area (Å²) in [6.45, 7) is 3.22. The van der Waals surface area contributed by atoms with E-state index < -0.39 is 0 Å². The van der Waals surface area contributed by atoms with Gasteiger partial charge in [0.05, 0.1) is 25.2 Å². The van der Waals surface area contributed by atoms with Crippen LogP contribution in [0.1, 0.15) is 60.3 Å². The fourth-order valence-corrected chi connectivity index (χ4v) is 9.55. The van der Waals surface area contributed by atoms with Gasteiger partial charge in [0.2, 0.25) is 6.79 Å². The molecule has 0 saturated heterocycles. The maximum absolute atomic E-state index is 12.5. The molecule has 9 aromatic rings. The summed E-state index contributed by atoms with van der Waals surface area (Å²) in [6.07, 6.45) is 15.1. The first-order chi connectivity index (χ1) is 37.7. The molecular formula is C58H50ClN9O6S3. The predicted octanol–water partition coefficient (Wildman–Crippen LogP) is 12.5. The van der Waals surface area contributed by atoms with Crippen molar-refractivity contribution < 1.29 is 28.6 Å². The second-order valence-electron chi connectivity index (χ2n) is 16.3. The number of fused-ring (bicyclic) bond motifs is 1. The molecule has 77 heavy (non-hydrogen) atoms. The largest absolute Gasteiger partial charge is 0.494 e. The van der Waals surface area contributed by atoms with Gasteiger partial charge in [-0.05, 0) is 120 Å². The van der Waals surface area contributed by atoms with Gasteiger partial charge in [-0.25, -0.2) is 15.0 Å². The Morgan fingerprint density at radius 2 is 1.01 bits per heavy atom. The third-order valence-corrected chi connectivity index (χ3v) is 13.9. The van der Waals surface area contributed by atoms with Crippen molar-refractivity contribution in [3.05, 3.63) is 239 Å². The lowest BCUT2D eigenvalue weighted by Gasteiger charge is -2.08. The monoisotopic (exact) mass is 1100 g/mol. The smallest absolute Gasteiger partial charge is 0.255 e. The summed E-state index contributed by atoms with van der Waals surface area (Å²) in [5.41, 5.74) is 7.38. The Labute approximate surface area is 463 Å². The highest BCUT2D eigenvalue weighted by Gasteiger charge is 2.15. The molecule has 0 spiro atoms. The fourth-order valence-electron chi connectivity index (χ4n) is 7.07. The topological polar surface area (TPSA) is 192 Å². The molecule has 0 fully saturated rings. The van der Waals surface area contributed by atoms with Gasteiger partial charge in [0.15, 0.2) is 11.5 Å². The molecule has 0 unspecified atom stereocenters. The summed E-state index contributed by atoms with van der Waals surface area (Å²) in [7, 11) is 0. The standard InChI is InChI=1S/C20H17N3O3S.C20H19N3O2S.C18H14ClN3OS/c24-20(23-10-14-4-5-17-18(9-14)26-13-25-17)16-3-1-2-15(8-16)12-27-19-11-21-6-7-22-19;1-2-25-18-8-6-17(7-9-18)23-20(24)16-5-3-4-15(12-16)14-26-19-13-21-10-11-22-19;19-15-5-2-6-16(10-15)22-18(23)14-4-1-3-13(9-14)12-24-17-11-20-7-8-21-17/h1-9,11H,10,12-13H2,(H,23,24);3-13H,2,14H2,1H3,(H,23,24);1-11H,12H2,(H,22,23). The molecule has 4 heterocycles. The minimum atomic E-state index is -0.163. The van der Waals surface area contributed by atoms with Gasteiger partial charge in [-0.2, -0.15) is 0 Å². The zero-order chi connectivity index (χ0) is 53.4. The molecule has 3 amide bonds. The highest BCUT2D eigenvalue weighted by Crippen LogP contribution is 2.32. The lowest BCUT2D eigenvalue weighted by molar-refractivity contribution is 0.0949. The van der Waals surface area contributed by atoms with E-state index in [1.54, 1.807) is 127 Å². The average Bonchev–Trinajstić information content (AvgIpc) is 3.95. The minimum Gasteiger partial charge on any atom is -0.494 e. The van der Waals surface area contributed by atoms with E-state index in [1.165, 1.54) is 0 Å². The predicted molar refractivity (Wildman–Crippen MR) is 303 cm³/mol. The maximum Gasteiger partial charge on any atom is 0.255 e. The van der Waals surface area contributed by atoms with E-state index in [9.17, 15) is 14.4 Å². The second kappa shape index (κ2) is 29.1. The van der Waals surface area contributed by atoms with Crippen molar-refractivity contribution >= 4 is 76.0 Å². The van der Waals surface area contributed by atoms with Gasteiger partial charge in [0.25, 0.3) is 17.7 Å². The lowest BCUT2D eigenvalue weighted by atomic mass is 10.1. The molecule has 0 aliphatic carbocycles. The van der Waals surface area contributed by atoms with Gasteiger partial charge in [0, 0.05) is 94.1 Å². The molecule has 0 atom stereocenters. The number of hydrogen-bond acceptors (Lipinski definition) is 15. The molecule has 0 bridgehead atoms. The molecule has 1 aliphatic rings. The number of carbonyl (C=O) groups excluding carboxylic acids is 3. The van der Waals surface area contributed by atoms with Crippen LogP contribution in [0.5, 0.6) is 17.2 Å². The number of hydrogen-bond donors (Lipinski definition) is 3. The van der Waals surface area contributed by atoms with E-state index >= 15 is 0 Å². The van der Waals surface area contributed by atoms with Gasteiger partial charge in [0.1, 0.15) is 20.8 Å². The zero-order valence-electron chi connectivity index (χ0n) is 41.5. The molecule has 0 radical (unpaired) electrons. The second-order valence-corrected chi connectivity index (χ2v) is 19.8. The summed E-state index contributed by atoms with van der Waals surface area (Å²) in [5, 5.41) is 11.8. The molecule has 15 nitrogen and oxygen atoms in total. The van der Waals surface area contributed by atoms with Crippen LogP contribution in [0.4, 0.5) is 11.4 Å². The number of thioether (sulfide) groups is 3. The normalized spacial score (nSPS) is 10.9. The summed E-state index contributed by atoms with van der Waals surface area (Å²) in [6, 6.07) is 42.8. The molecule has 0 saturated carbocycles. The first-order valence-corrected chi connectivity index (χ1v) is 27.3. The van der Waals surface area contributed by atoms with E-state index in [-0.39, 0.29) is 24.5 Å². The Bertz CT molecular complexity index is 3350. The number of aromatic nitrogens is 6. The number of nitrogens with zero attached hydrogens (tertiary/aromatic N) is 6. The number of halogens is 1. The number of nitrogens with one attached hydrogen (secondary N) is 3. The molecule has 1 aliphatic heterocycles. The Balaban J connectivity index is 0.000000153. The highest BCUT2D eigenvalue weighted by molar-refractivity contribution is 7.98. The number of benzene rings is 6. The number of anilines is 2. The quantitative estimate of drug-likeness (QED) is 0.0687. The van der Waals surface area contributed by atoms with Crippen LogP contribution in [0.3, 0.4) is 0 Å². The van der Waals surface area contributed by atoms with E-state index in [1.807, 2.05) is 110 Å². The summed E-state index contributed by atoms with van der Waals surface area (Å²) in [4.78, 5) is 62.2. The number of carbonyl (C=O) groups is 3. The van der Waals surface area contributed by atoms with Crippen molar-refractivity contribution in [3.63, 3.8) is 0 Å². The van der Waals surface area contributed by atoms with Gasteiger partial charge in [-0.15, -0.1) is 35.3 Å². The van der Waals surface area contributed by atoms with Crippen molar-refractivity contribution in [3.8, 4) is 17.2 Å². The van der Waals surface area contributed by atoms with Crippen LogP contribution < -0.4 is 30.2 Å². The molecule has 3 N–H and O–H groups in total. The summed E-state index contributed by atoms with van der Waals surface area (Å²) >= 11 is 10.7. The van der Waals surface area contributed by atoms with Crippen molar-refractivity contribution in [1.29, 1.82) is 0 Å². The number of amides is 3. The fraction of sp³-hybridized carbons (Fsp3) is 0.121. The Morgan fingerprint density at radius 1 is 0.519 bits per heavy atom. The average molecular weight is 1100 g/mol.